The van der Waals surface area contributed by atoms with E-state index < -0.39 is 0 Å². The van der Waals surface area contributed by atoms with Crippen molar-refractivity contribution in [1.82, 2.24) is 4.90 Å². The van der Waals surface area contributed by atoms with Crippen LogP contribution in [-0.2, 0) is 11.3 Å². The van der Waals surface area contributed by atoms with E-state index in [0.29, 0.717) is 12.6 Å². The monoisotopic (exact) mass is 249 g/mol. The minimum atomic E-state index is 0.586. The Hall–Kier alpha value is -0.930. The summed E-state index contributed by atoms with van der Waals surface area (Å²) in [5, 5.41) is 0. The standard InChI is InChI=1S/C14H19NOS/c1-12-7-8-14(17)15(12)9-10-16-11-13-5-3-2-4-6-13/h2-6,12H,7-11H2,1H3. The average Bonchev–Trinajstić information content (AvgIpc) is 2.67. The molecule has 1 aliphatic heterocycles. The molecule has 1 aromatic rings. The van der Waals surface area contributed by atoms with Gasteiger partial charge in [0.05, 0.1) is 18.2 Å². The fourth-order valence-electron chi connectivity index (χ4n) is 2.15. The van der Waals surface area contributed by atoms with Crippen LogP contribution in [0.25, 0.3) is 0 Å². The molecule has 0 radical (unpaired) electrons. The van der Waals surface area contributed by atoms with E-state index in [9.17, 15) is 0 Å². The molecule has 0 spiro atoms. The summed E-state index contributed by atoms with van der Waals surface area (Å²) < 4.78 is 5.68. The van der Waals surface area contributed by atoms with Crippen molar-refractivity contribution in [1.29, 1.82) is 0 Å². The number of benzene rings is 1. The fraction of sp³-hybridized carbons (Fsp3) is 0.500. The van der Waals surface area contributed by atoms with Crippen molar-refractivity contribution in [2.24, 2.45) is 0 Å². The Morgan fingerprint density at radius 2 is 2.12 bits per heavy atom. The smallest absolute Gasteiger partial charge is 0.0783 e. The molecule has 17 heavy (non-hydrogen) atoms. The molecule has 3 heteroatoms. The summed E-state index contributed by atoms with van der Waals surface area (Å²) in [5.41, 5.74) is 1.23. The summed E-state index contributed by atoms with van der Waals surface area (Å²) in [6.07, 6.45) is 2.26. The highest BCUT2D eigenvalue weighted by Gasteiger charge is 2.23. The van der Waals surface area contributed by atoms with Crippen LogP contribution in [0.5, 0.6) is 0 Å². The van der Waals surface area contributed by atoms with Gasteiger partial charge in [0, 0.05) is 12.6 Å². The van der Waals surface area contributed by atoms with Gasteiger partial charge in [0.1, 0.15) is 0 Å². The number of rotatable bonds is 5. The van der Waals surface area contributed by atoms with Crippen molar-refractivity contribution in [2.45, 2.75) is 32.4 Å². The number of nitrogens with zero attached hydrogens (tertiary/aromatic N) is 1. The van der Waals surface area contributed by atoms with Crippen molar-refractivity contribution >= 4 is 17.2 Å². The van der Waals surface area contributed by atoms with Crippen LogP contribution in [-0.4, -0.2) is 29.1 Å². The molecule has 1 aromatic carbocycles. The summed E-state index contributed by atoms with van der Waals surface area (Å²) in [5.74, 6) is 0. The molecule has 1 unspecified atom stereocenters. The molecular formula is C14H19NOS. The van der Waals surface area contributed by atoms with Gasteiger partial charge >= 0.3 is 0 Å². The molecule has 1 atom stereocenters. The SMILES string of the molecule is CC1CCC(=S)N1CCOCc1ccccc1. The first-order valence-corrected chi connectivity index (χ1v) is 6.59. The third-order valence-corrected chi connectivity index (χ3v) is 3.66. The first-order valence-electron chi connectivity index (χ1n) is 6.18. The first-order chi connectivity index (χ1) is 8.27. The van der Waals surface area contributed by atoms with Crippen LogP contribution in [0.15, 0.2) is 30.3 Å². The van der Waals surface area contributed by atoms with E-state index in [1.807, 2.05) is 18.2 Å². The van der Waals surface area contributed by atoms with Crippen LogP contribution < -0.4 is 0 Å². The normalized spacial score (nSPS) is 19.9. The summed E-state index contributed by atoms with van der Waals surface area (Å²) in [4.78, 5) is 3.39. The molecule has 1 saturated heterocycles. The van der Waals surface area contributed by atoms with Crippen molar-refractivity contribution in [2.75, 3.05) is 13.2 Å². The number of thiocarbonyl (C=S) groups is 1. The lowest BCUT2D eigenvalue weighted by Crippen LogP contribution is -2.33. The second-order valence-corrected chi connectivity index (χ2v) is 4.98. The van der Waals surface area contributed by atoms with Crippen LogP contribution >= 0.6 is 12.2 Å². The maximum absolute atomic E-state index is 5.68. The Labute approximate surface area is 109 Å². The Morgan fingerprint density at radius 1 is 1.35 bits per heavy atom. The van der Waals surface area contributed by atoms with Gasteiger partial charge in [-0.15, -0.1) is 0 Å². The van der Waals surface area contributed by atoms with E-state index in [-0.39, 0.29) is 0 Å². The summed E-state index contributed by atoms with van der Waals surface area (Å²) in [6, 6.07) is 10.9. The van der Waals surface area contributed by atoms with Gasteiger partial charge in [0.2, 0.25) is 0 Å². The topological polar surface area (TPSA) is 12.5 Å². The highest BCUT2D eigenvalue weighted by Crippen LogP contribution is 2.18. The lowest BCUT2D eigenvalue weighted by molar-refractivity contribution is 0.105. The van der Waals surface area contributed by atoms with E-state index in [1.54, 1.807) is 0 Å². The highest BCUT2D eigenvalue weighted by molar-refractivity contribution is 7.80. The van der Waals surface area contributed by atoms with Gasteiger partial charge < -0.3 is 9.64 Å². The van der Waals surface area contributed by atoms with Crippen LogP contribution in [0, 0.1) is 0 Å². The van der Waals surface area contributed by atoms with E-state index in [2.05, 4.69) is 24.0 Å². The third kappa shape index (κ3) is 3.51. The molecule has 2 nitrogen and oxygen atoms in total. The largest absolute Gasteiger partial charge is 0.375 e. The lowest BCUT2D eigenvalue weighted by atomic mass is 10.2. The summed E-state index contributed by atoms with van der Waals surface area (Å²) in [6.45, 7) is 4.60. The molecule has 92 valence electrons. The van der Waals surface area contributed by atoms with Crippen LogP contribution in [0.1, 0.15) is 25.3 Å². The predicted octanol–water partition coefficient (Wildman–Crippen LogP) is 3.01. The zero-order valence-corrected chi connectivity index (χ0v) is 11.1. The van der Waals surface area contributed by atoms with E-state index in [0.717, 1.165) is 24.6 Å². The molecule has 0 N–H and O–H groups in total. The number of hydrogen-bond donors (Lipinski definition) is 0. The molecule has 1 fully saturated rings. The van der Waals surface area contributed by atoms with Gasteiger partial charge in [-0.25, -0.2) is 0 Å². The Morgan fingerprint density at radius 3 is 2.76 bits per heavy atom. The van der Waals surface area contributed by atoms with E-state index in [1.165, 1.54) is 12.0 Å². The zero-order valence-electron chi connectivity index (χ0n) is 10.3. The van der Waals surface area contributed by atoms with Crippen LogP contribution in [0.3, 0.4) is 0 Å². The van der Waals surface area contributed by atoms with Crippen molar-refractivity contribution in [3.05, 3.63) is 35.9 Å². The molecule has 0 amide bonds. The Bertz CT molecular complexity index is 366. The minimum Gasteiger partial charge on any atom is -0.375 e. The van der Waals surface area contributed by atoms with Crippen molar-refractivity contribution < 1.29 is 4.74 Å². The summed E-state index contributed by atoms with van der Waals surface area (Å²) in [7, 11) is 0. The van der Waals surface area contributed by atoms with Gasteiger partial charge in [-0.05, 0) is 25.3 Å². The lowest BCUT2D eigenvalue weighted by Gasteiger charge is -2.23. The maximum atomic E-state index is 5.68. The molecule has 1 heterocycles. The van der Waals surface area contributed by atoms with Crippen molar-refractivity contribution in [3.8, 4) is 0 Å². The van der Waals surface area contributed by atoms with Gasteiger partial charge in [-0.2, -0.15) is 0 Å². The number of hydrogen-bond acceptors (Lipinski definition) is 2. The molecule has 0 bridgehead atoms. The second-order valence-electron chi connectivity index (χ2n) is 4.51. The van der Waals surface area contributed by atoms with E-state index in [4.69, 9.17) is 17.0 Å². The molecule has 0 aromatic heterocycles. The molecule has 2 rings (SSSR count). The molecular weight excluding hydrogens is 230 g/mol. The zero-order chi connectivity index (χ0) is 12.1. The van der Waals surface area contributed by atoms with Crippen LogP contribution in [0.2, 0.25) is 0 Å². The number of ether oxygens (including phenoxy) is 1. The highest BCUT2D eigenvalue weighted by atomic mass is 32.1. The first kappa shape index (κ1) is 12.5. The van der Waals surface area contributed by atoms with Crippen LogP contribution in [0.4, 0.5) is 0 Å². The summed E-state index contributed by atoms with van der Waals surface area (Å²) >= 11 is 5.33. The predicted molar refractivity (Wildman–Crippen MR) is 74.1 cm³/mol. The maximum Gasteiger partial charge on any atom is 0.0783 e. The Kier molecular flexibility index (Phi) is 4.51. The molecule has 0 saturated carbocycles. The van der Waals surface area contributed by atoms with E-state index >= 15 is 0 Å². The third-order valence-electron chi connectivity index (χ3n) is 3.22. The molecule has 0 aliphatic carbocycles. The fourth-order valence-corrected chi connectivity index (χ4v) is 2.54. The Balaban J connectivity index is 1.68. The van der Waals surface area contributed by atoms with Gasteiger partial charge in [-0.3, -0.25) is 0 Å². The number of likely N-dealkylation sites (tertiary alicyclic amines) is 1. The van der Waals surface area contributed by atoms with Gasteiger partial charge in [-0.1, -0.05) is 42.5 Å². The quantitative estimate of drug-likeness (QED) is 0.588. The van der Waals surface area contributed by atoms with Gasteiger partial charge in [0.15, 0.2) is 0 Å². The second kappa shape index (κ2) is 6.12. The van der Waals surface area contributed by atoms with Gasteiger partial charge in [0.25, 0.3) is 0 Å². The average molecular weight is 249 g/mol. The molecule has 1 aliphatic rings. The van der Waals surface area contributed by atoms with Crippen molar-refractivity contribution in [3.63, 3.8) is 0 Å². The minimum absolute atomic E-state index is 0.586.